The summed E-state index contributed by atoms with van der Waals surface area (Å²) in [7, 11) is 0. The first kappa shape index (κ1) is 18.2. The van der Waals surface area contributed by atoms with Crippen LogP contribution >= 0.6 is 12.4 Å². The molecule has 0 spiro atoms. The zero-order valence-electron chi connectivity index (χ0n) is 11.5. The van der Waals surface area contributed by atoms with Gasteiger partial charge in [-0.05, 0) is 49.5 Å². The number of nitrogens with zero attached hydrogens (tertiary/aromatic N) is 1. The highest BCUT2D eigenvalue weighted by Gasteiger charge is 2.34. The van der Waals surface area contributed by atoms with Gasteiger partial charge in [0.2, 0.25) is 0 Å². The van der Waals surface area contributed by atoms with Crippen molar-refractivity contribution in [1.82, 2.24) is 4.90 Å². The van der Waals surface area contributed by atoms with Crippen LogP contribution in [0.1, 0.15) is 24.0 Å². The van der Waals surface area contributed by atoms with Crippen molar-refractivity contribution in [2.45, 2.75) is 25.6 Å². The van der Waals surface area contributed by atoms with Gasteiger partial charge in [0.15, 0.2) is 0 Å². The average Bonchev–Trinajstić information content (AvgIpc) is 2.40. The van der Waals surface area contributed by atoms with Crippen LogP contribution in [0.2, 0.25) is 0 Å². The van der Waals surface area contributed by atoms with Crippen molar-refractivity contribution in [2.75, 3.05) is 19.6 Å². The summed E-state index contributed by atoms with van der Waals surface area (Å²) in [5, 5.41) is 0. The fourth-order valence-electron chi connectivity index (χ4n) is 2.63. The Morgan fingerprint density at radius 3 is 2.62 bits per heavy atom. The molecule has 2 N–H and O–H groups in total. The molecule has 1 saturated heterocycles. The first-order chi connectivity index (χ1) is 9.40. The zero-order chi connectivity index (χ0) is 14.8. The van der Waals surface area contributed by atoms with Gasteiger partial charge in [0.05, 0.1) is 5.56 Å². The summed E-state index contributed by atoms with van der Waals surface area (Å²) in [6.45, 7) is 2.62. The van der Waals surface area contributed by atoms with Crippen molar-refractivity contribution in [3.05, 3.63) is 35.1 Å². The van der Waals surface area contributed by atoms with Crippen LogP contribution in [-0.4, -0.2) is 24.5 Å². The molecule has 1 aromatic rings. The number of alkyl halides is 3. The van der Waals surface area contributed by atoms with E-state index in [2.05, 4.69) is 4.90 Å². The SMILES string of the molecule is Cl.NCC1CCCN(Cc2ccc(F)c(C(F)(F)F)c2)C1. The smallest absolute Gasteiger partial charge is 0.330 e. The van der Waals surface area contributed by atoms with E-state index in [0.717, 1.165) is 38.1 Å². The van der Waals surface area contributed by atoms with E-state index in [9.17, 15) is 17.6 Å². The molecule has 1 heterocycles. The summed E-state index contributed by atoms with van der Waals surface area (Å²) >= 11 is 0. The second kappa shape index (κ2) is 7.42. The highest BCUT2D eigenvalue weighted by Crippen LogP contribution is 2.32. The van der Waals surface area contributed by atoms with Gasteiger partial charge in [0, 0.05) is 13.1 Å². The third kappa shape index (κ3) is 4.83. The van der Waals surface area contributed by atoms with E-state index >= 15 is 0 Å². The Balaban J connectivity index is 0.00000220. The molecule has 21 heavy (non-hydrogen) atoms. The van der Waals surface area contributed by atoms with E-state index in [1.54, 1.807) is 0 Å². The maximum absolute atomic E-state index is 13.2. The number of likely N-dealkylation sites (tertiary alicyclic amines) is 1. The van der Waals surface area contributed by atoms with Crippen LogP contribution in [0.4, 0.5) is 17.6 Å². The topological polar surface area (TPSA) is 29.3 Å². The third-order valence-electron chi connectivity index (χ3n) is 3.68. The number of piperidine rings is 1. The van der Waals surface area contributed by atoms with Gasteiger partial charge in [0.1, 0.15) is 5.82 Å². The molecule has 0 amide bonds. The Bertz CT molecular complexity index is 465. The molecule has 1 aliphatic heterocycles. The van der Waals surface area contributed by atoms with Gasteiger partial charge in [-0.15, -0.1) is 12.4 Å². The van der Waals surface area contributed by atoms with Crippen molar-refractivity contribution in [2.24, 2.45) is 11.7 Å². The van der Waals surface area contributed by atoms with Crippen LogP contribution in [0.15, 0.2) is 18.2 Å². The van der Waals surface area contributed by atoms with Crippen molar-refractivity contribution < 1.29 is 17.6 Å². The zero-order valence-corrected chi connectivity index (χ0v) is 12.3. The lowest BCUT2D eigenvalue weighted by Gasteiger charge is -2.32. The van der Waals surface area contributed by atoms with Crippen LogP contribution in [0.3, 0.4) is 0 Å². The molecule has 1 aliphatic rings. The molecule has 0 radical (unpaired) electrons. The lowest BCUT2D eigenvalue weighted by Crippen LogP contribution is -2.37. The maximum atomic E-state index is 13.2. The number of halogens is 5. The molecule has 7 heteroatoms. The minimum absolute atomic E-state index is 0. The molecule has 1 aromatic carbocycles. The number of hydrogen-bond donors (Lipinski definition) is 1. The standard InChI is InChI=1S/C14H18F4N2.ClH/c15-13-4-3-10(6-12(13)14(16,17)18)8-20-5-1-2-11(7-19)9-20;/h3-4,6,11H,1-2,5,7-9,19H2;1H. The molecular weight excluding hydrogens is 308 g/mol. The fraction of sp³-hybridized carbons (Fsp3) is 0.571. The second-order valence-corrected chi connectivity index (χ2v) is 5.29. The summed E-state index contributed by atoms with van der Waals surface area (Å²) in [6, 6.07) is 3.21. The second-order valence-electron chi connectivity index (χ2n) is 5.29. The number of nitrogens with two attached hydrogens (primary N) is 1. The monoisotopic (exact) mass is 326 g/mol. The lowest BCUT2D eigenvalue weighted by molar-refractivity contribution is -0.140. The van der Waals surface area contributed by atoms with Crippen LogP contribution in [0, 0.1) is 11.7 Å². The molecule has 120 valence electrons. The summed E-state index contributed by atoms with van der Waals surface area (Å²) in [6.07, 6.45) is -2.60. The summed E-state index contributed by atoms with van der Waals surface area (Å²) in [5.74, 6) is -0.828. The normalized spacial score (nSPS) is 20.1. The van der Waals surface area contributed by atoms with Crippen LogP contribution in [0.25, 0.3) is 0 Å². The Morgan fingerprint density at radius 2 is 2.00 bits per heavy atom. The number of benzene rings is 1. The largest absolute Gasteiger partial charge is 0.419 e. The van der Waals surface area contributed by atoms with Crippen molar-refractivity contribution >= 4 is 12.4 Å². The molecule has 0 aliphatic carbocycles. The predicted octanol–water partition coefficient (Wildman–Crippen LogP) is 3.44. The number of rotatable bonds is 3. The van der Waals surface area contributed by atoms with Gasteiger partial charge in [0.25, 0.3) is 0 Å². The molecule has 1 fully saturated rings. The van der Waals surface area contributed by atoms with Crippen molar-refractivity contribution in [1.29, 1.82) is 0 Å². The first-order valence-corrected chi connectivity index (χ1v) is 6.68. The average molecular weight is 327 g/mol. The Hall–Kier alpha value is -0.850. The van der Waals surface area contributed by atoms with E-state index in [-0.39, 0.29) is 12.4 Å². The lowest BCUT2D eigenvalue weighted by atomic mass is 9.97. The van der Waals surface area contributed by atoms with Gasteiger partial charge in [-0.2, -0.15) is 13.2 Å². The highest BCUT2D eigenvalue weighted by atomic mass is 35.5. The predicted molar refractivity (Wildman–Crippen MR) is 75.7 cm³/mol. The van der Waals surface area contributed by atoms with Crippen molar-refractivity contribution in [3.8, 4) is 0 Å². The van der Waals surface area contributed by atoms with E-state index < -0.39 is 17.6 Å². The van der Waals surface area contributed by atoms with Crippen LogP contribution < -0.4 is 5.73 Å². The minimum atomic E-state index is -4.65. The first-order valence-electron chi connectivity index (χ1n) is 6.68. The summed E-state index contributed by atoms with van der Waals surface area (Å²) in [4.78, 5) is 2.08. The summed E-state index contributed by atoms with van der Waals surface area (Å²) < 4.78 is 51.2. The van der Waals surface area contributed by atoms with Gasteiger partial charge in [-0.3, -0.25) is 4.90 Å². The molecule has 0 bridgehead atoms. The van der Waals surface area contributed by atoms with Gasteiger partial charge in [-0.25, -0.2) is 4.39 Å². The highest BCUT2D eigenvalue weighted by molar-refractivity contribution is 5.85. The molecule has 0 aromatic heterocycles. The van der Waals surface area contributed by atoms with E-state index in [1.807, 2.05) is 0 Å². The van der Waals surface area contributed by atoms with E-state index in [0.29, 0.717) is 24.6 Å². The molecular formula is C14H19ClF4N2. The van der Waals surface area contributed by atoms with Crippen LogP contribution in [-0.2, 0) is 12.7 Å². The Labute approximate surface area is 127 Å². The minimum Gasteiger partial charge on any atom is -0.330 e. The summed E-state index contributed by atoms with van der Waals surface area (Å²) in [5.41, 5.74) is 4.93. The third-order valence-corrected chi connectivity index (χ3v) is 3.68. The van der Waals surface area contributed by atoms with Gasteiger partial charge in [-0.1, -0.05) is 6.07 Å². The van der Waals surface area contributed by atoms with Gasteiger partial charge < -0.3 is 5.73 Å². The van der Waals surface area contributed by atoms with E-state index in [1.165, 1.54) is 6.07 Å². The Morgan fingerprint density at radius 1 is 1.29 bits per heavy atom. The van der Waals surface area contributed by atoms with Crippen molar-refractivity contribution in [3.63, 3.8) is 0 Å². The molecule has 0 saturated carbocycles. The molecule has 2 nitrogen and oxygen atoms in total. The molecule has 2 rings (SSSR count). The van der Waals surface area contributed by atoms with Gasteiger partial charge >= 0.3 is 6.18 Å². The quantitative estimate of drug-likeness (QED) is 0.862. The number of hydrogen-bond acceptors (Lipinski definition) is 2. The van der Waals surface area contributed by atoms with Crippen LogP contribution in [0.5, 0.6) is 0 Å². The fourth-order valence-corrected chi connectivity index (χ4v) is 2.63. The maximum Gasteiger partial charge on any atom is 0.419 e. The Kier molecular flexibility index (Phi) is 6.43. The van der Waals surface area contributed by atoms with E-state index in [4.69, 9.17) is 5.73 Å². The molecule has 1 unspecified atom stereocenters. The molecule has 1 atom stereocenters.